The van der Waals surface area contributed by atoms with Crippen LogP contribution in [0.2, 0.25) is 0 Å². The maximum absolute atomic E-state index is 10.7. The Balaban J connectivity index is 2.44. The zero-order valence-corrected chi connectivity index (χ0v) is 9.72. The van der Waals surface area contributed by atoms with E-state index in [1.807, 2.05) is 13.8 Å². The van der Waals surface area contributed by atoms with Gasteiger partial charge in [0, 0.05) is 11.0 Å². The molecule has 1 saturated carbocycles. The first-order valence-corrected chi connectivity index (χ1v) is 5.45. The smallest absolute Gasteiger partial charge is 0.405 e. The van der Waals surface area contributed by atoms with Crippen LogP contribution in [0.25, 0.3) is 10.4 Å². The third-order valence-corrected chi connectivity index (χ3v) is 2.89. The number of nitrogens with two attached hydrogens (primary N) is 1. The lowest BCUT2D eigenvalue weighted by molar-refractivity contribution is 0.0270. The minimum absolute atomic E-state index is 0.0966. The van der Waals surface area contributed by atoms with Gasteiger partial charge in [-0.3, -0.25) is 0 Å². The van der Waals surface area contributed by atoms with E-state index >= 15 is 0 Å². The lowest BCUT2D eigenvalue weighted by Gasteiger charge is -2.27. The molecule has 0 heterocycles. The van der Waals surface area contributed by atoms with Gasteiger partial charge in [-0.2, -0.15) is 0 Å². The van der Waals surface area contributed by atoms with Gasteiger partial charge in [0.1, 0.15) is 5.60 Å². The van der Waals surface area contributed by atoms with Crippen LogP contribution in [0.3, 0.4) is 0 Å². The summed E-state index contributed by atoms with van der Waals surface area (Å²) in [5.41, 5.74) is 12.8. The molecule has 2 unspecified atom stereocenters. The first kappa shape index (κ1) is 12.6. The number of amides is 1. The lowest BCUT2D eigenvalue weighted by Crippen LogP contribution is -2.32. The van der Waals surface area contributed by atoms with Crippen LogP contribution in [0.15, 0.2) is 5.11 Å². The highest BCUT2D eigenvalue weighted by Crippen LogP contribution is 2.34. The summed E-state index contributed by atoms with van der Waals surface area (Å²) in [6.07, 6.45) is 2.81. The fourth-order valence-electron chi connectivity index (χ4n) is 2.42. The normalized spacial score (nSPS) is 24.9. The van der Waals surface area contributed by atoms with Crippen molar-refractivity contribution in [1.82, 2.24) is 0 Å². The van der Waals surface area contributed by atoms with E-state index in [0.717, 1.165) is 25.7 Å². The molecular weight excluding hydrogens is 208 g/mol. The maximum Gasteiger partial charge on any atom is 0.405 e. The number of carbonyl (C=O) groups is 1. The maximum atomic E-state index is 10.7. The van der Waals surface area contributed by atoms with E-state index in [1.54, 1.807) is 0 Å². The zero-order valence-electron chi connectivity index (χ0n) is 9.72. The molecule has 1 rings (SSSR count). The van der Waals surface area contributed by atoms with Gasteiger partial charge >= 0.3 is 6.09 Å². The number of primary amides is 1. The Hall–Kier alpha value is -1.42. The average molecular weight is 226 g/mol. The summed E-state index contributed by atoms with van der Waals surface area (Å²) in [6.45, 7) is 3.69. The Morgan fingerprint density at radius 1 is 1.62 bits per heavy atom. The molecule has 1 fully saturated rings. The molecule has 0 saturated heterocycles. The van der Waals surface area contributed by atoms with Crippen molar-refractivity contribution >= 4 is 6.09 Å². The van der Waals surface area contributed by atoms with E-state index in [4.69, 9.17) is 16.0 Å². The second kappa shape index (κ2) is 5.07. The van der Waals surface area contributed by atoms with Gasteiger partial charge in [-0.25, -0.2) is 4.79 Å². The summed E-state index contributed by atoms with van der Waals surface area (Å²) in [7, 11) is 0. The van der Waals surface area contributed by atoms with Gasteiger partial charge in [-0.1, -0.05) is 5.11 Å². The molecule has 0 aromatic carbocycles. The number of ether oxygens (including phenoxy) is 1. The van der Waals surface area contributed by atoms with Gasteiger partial charge < -0.3 is 10.5 Å². The fraction of sp³-hybridized carbons (Fsp3) is 0.900. The van der Waals surface area contributed by atoms with Crippen molar-refractivity contribution in [2.75, 3.05) is 0 Å². The van der Waals surface area contributed by atoms with Gasteiger partial charge in [-0.05, 0) is 51.0 Å². The predicted octanol–water partition coefficient (Wildman–Crippen LogP) is 2.73. The summed E-state index contributed by atoms with van der Waals surface area (Å²) in [4.78, 5) is 13.5. The van der Waals surface area contributed by atoms with Gasteiger partial charge in [0.2, 0.25) is 0 Å². The third kappa shape index (κ3) is 3.98. The molecule has 1 aliphatic rings. The van der Waals surface area contributed by atoms with Crippen LogP contribution < -0.4 is 5.73 Å². The van der Waals surface area contributed by atoms with Gasteiger partial charge in [0.25, 0.3) is 0 Å². The van der Waals surface area contributed by atoms with Gasteiger partial charge in [0.05, 0.1) is 0 Å². The van der Waals surface area contributed by atoms with E-state index in [0.29, 0.717) is 5.92 Å². The minimum atomic E-state index is -0.741. The highest BCUT2D eigenvalue weighted by Gasteiger charge is 2.31. The first-order valence-electron chi connectivity index (χ1n) is 5.45. The molecule has 0 radical (unpaired) electrons. The summed E-state index contributed by atoms with van der Waals surface area (Å²) < 4.78 is 5.03. The van der Waals surface area contributed by atoms with Crippen LogP contribution in [0.5, 0.6) is 0 Å². The Morgan fingerprint density at radius 3 is 2.88 bits per heavy atom. The largest absolute Gasteiger partial charge is 0.444 e. The number of carbonyl (C=O) groups excluding carboxylic acids is 1. The molecule has 0 aliphatic heterocycles. The summed E-state index contributed by atoms with van der Waals surface area (Å²) in [6, 6.07) is 0.0966. The van der Waals surface area contributed by atoms with E-state index in [1.165, 1.54) is 0 Å². The van der Waals surface area contributed by atoms with Crippen molar-refractivity contribution in [3.63, 3.8) is 0 Å². The lowest BCUT2D eigenvalue weighted by atomic mass is 9.92. The summed E-state index contributed by atoms with van der Waals surface area (Å²) in [5, 5.41) is 3.71. The standard InChI is InChI=1S/C10H18N4O2/c1-10(2,16-9(11)15)6-7-3-4-8(5-7)13-14-12/h7-8H,3-6H2,1-2H3,(H2,11,15). The van der Waals surface area contributed by atoms with E-state index < -0.39 is 11.7 Å². The van der Waals surface area contributed by atoms with Crippen LogP contribution in [-0.4, -0.2) is 17.7 Å². The zero-order chi connectivity index (χ0) is 12.2. The van der Waals surface area contributed by atoms with Crippen LogP contribution in [0, 0.1) is 5.92 Å². The molecular formula is C10H18N4O2. The molecule has 16 heavy (non-hydrogen) atoms. The average Bonchev–Trinajstić information content (AvgIpc) is 2.49. The molecule has 90 valence electrons. The molecule has 6 heteroatoms. The molecule has 0 aromatic heterocycles. The molecule has 2 N–H and O–H groups in total. The van der Waals surface area contributed by atoms with Crippen LogP contribution >= 0.6 is 0 Å². The quantitative estimate of drug-likeness (QED) is 0.452. The summed E-state index contributed by atoms with van der Waals surface area (Å²) in [5.74, 6) is 0.435. The van der Waals surface area contributed by atoms with Crippen LogP contribution in [0.1, 0.15) is 39.5 Å². The Labute approximate surface area is 94.8 Å². The molecule has 0 bridgehead atoms. The molecule has 6 nitrogen and oxygen atoms in total. The van der Waals surface area contributed by atoms with Crippen LogP contribution in [0.4, 0.5) is 4.79 Å². The summed E-state index contributed by atoms with van der Waals surface area (Å²) >= 11 is 0. The predicted molar refractivity (Wildman–Crippen MR) is 59.6 cm³/mol. The highest BCUT2D eigenvalue weighted by atomic mass is 16.6. The third-order valence-electron chi connectivity index (χ3n) is 2.89. The topological polar surface area (TPSA) is 101 Å². The van der Waals surface area contributed by atoms with Crippen molar-refractivity contribution in [2.45, 2.75) is 51.2 Å². The van der Waals surface area contributed by atoms with Crippen molar-refractivity contribution in [1.29, 1.82) is 0 Å². The van der Waals surface area contributed by atoms with Crippen molar-refractivity contribution in [2.24, 2.45) is 16.8 Å². The molecule has 2 atom stereocenters. The number of hydrogen-bond acceptors (Lipinski definition) is 3. The van der Waals surface area contributed by atoms with Crippen LogP contribution in [-0.2, 0) is 4.74 Å². The Kier molecular flexibility index (Phi) is 4.01. The fourth-order valence-corrected chi connectivity index (χ4v) is 2.42. The Bertz CT molecular complexity index is 310. The van der Waals surface area contributed by atoms with E-state index in [9.17, 15) is 4.79 Å². The monoisotopic (exact) mass is 226 g/mol. The SMILES string of the molecule is CC(C)(CC1CCC(N=[N+]=[N-])C1)OC(N)=O. The van der Waals surface area contributed by atoms with E-state index in [2.05, 4.69) is 10.0 Å². The van der Waals surface area contributed by atoms with Gasteiger partial charge in [-0.15, -0.1) is 0 Å². The number of hydrogen-bond donors (Lipinski definition) is 1. The molecule has 0 aromatic rings. The van der Waals surface area contributed by atoms with Crippen molar-refractivity contribution < 1.29 is 9.53 Å². The number of azide groups is 1. The number of rotatable bonds is 4. The highest BCUT2D eigenvalue weighted by molar-refractivity contribution is 5.65. The molecule has 1 amide bonds. The number of nitrogens with zero attached hydrogens (tertiary/aromatic N) is 3. The second-order valence-electron chi connectivity index (χ2n) is 4.92. The second-order valence-corrected chi connectivity index (χ2v) is 4.92. The Morgan fingerprint density at radius 2 is 2.31 bits per heavy atom. The minimum Gasteiger partial charge on any atom is -0.444 e. The van der Waals surface area contributed by atoms with E-state index in [-0.39, 0.29) is 6.04 Å². The molecule has 1 aliphatic carbocycles. The molecule has 0 spiro atoms. The van der Waals surface area contributed by atoms with Gasteiger partial charge in [0.15, 0.2) is 0 Å². The van der Waals surface area contributed by atoms with Crippen molar-refractivity contribution in [3.05, 3.63) is 10.4 Å². The first-order chi connectivity index (χ1) is 7.43. The van der Waals surface area contributed by atoms with Crippen molar-refractivity contribution in [3.8, 4) is 0 Å².